The molecule has 0 saturated carbocycles. The summed E-state index contributed by atoms with van der Waals surface area (Å²) >= 11 is 9.29. The number of pyridine rings is 1. The number of hydrogen-bond donors (Lipinski definition) is 1. The smallest absolute Gasteiger partial charge is 0.183 e. The van der Waals surface area contributed by atoms with E-state index in [1.807, 2.05) is 18.3 Å². The lowest BCUT2D eigenvalue weighted by molar-refractivity contribution is 1.17. The summed E-state index contributed by atoms with van der Waals surface area (Å²) in [5.74, 6) is 2.63. The third kappa shape index (κ3) is 5.63. The van der Waals surface area contributed by atoms with Crippen molar-refractivity contribution in [2.75, 3.05) is 18.6 Å². The second-order valence-electron chi connectivity index (χ2n) is 3.10. The van der Waals surface area contributed by atoms with E-state index in [0.29, 0.717) is 10.2 Å². The zero-order chi connectivity index (χ0) is 13.2. The van der Waals surface area contributed by atoms with E-state index in [0.717, 1.165) is 23.0 Å². The van der Waals surface area contributed by atoms with Crippen LogP contribution in [0.5, 0.6) is 0 Å². The Balaban J connectivity index is 2.20. The molecular formula is C11H13ClN4S2. The molecule has 1 aromatic heterocycles. The average molecular weight is 301 g/mol. The van der Waals surface area contributed by atoms with Gasteiger partial charge in [0.25, 0.3) is 0 Å². The van der Waals surface area contributed by atoms with Crippen molar-refractivity contribution >= 4 is 40.3 Å². The van der Waals surface area contributed by atoms with Crippen LogP contribution in [0.4, 0.5) is 0 Å². The van der Waals surface area contributed by atoms with Crippen molar-refractivity contribution in [3.05, 3.63) is 29.0 Å². The Labute approximate surface area is 120 Å². The Bertz CT molecular complexity index is 445. The van der Waals surface area contributed by atoms with Crippen LogP contribution in [-0.2, 0) is 5.75 Å². The first kappa shape index (κ1) is 15.2. The second-order valence-corrected chi connectivity index (χ2v) is 5.69. The molecule has 1 heterocycles. The van der Waals surface area contributed by atoms with Crippen molar-refractivity contribution in [2.45, 2.75) is 5.75 Å². The number of aliphatic imine (C=N–C) groups is 1. The molecule has 1 N–H and O–H groups in total. The monoisotopic (exact) mass is 300 g/mol. The number of hydrogen-bond acceptors (Lipinski definition) is 5. The Kier molecular flexibility index (Phi) is 7.65. The number of nitrogens with one attached hydrogen (secondary N) is 1. The molecule has 0 spiro atoms. The number of amidine groups is 1. The molecule has 0 amide bonds. The Morgan fingerprint density at radius 1 is 1.61 bits per heavy atom. The summed E-state index contributed by atoms with van der Waals surface area (Å²) in [6.45, 7) is 0. The normalized spacial score (nSPS) is 11.1. The number of halogens is 1. The van der Waals surface area contributed by atoms with E-state index < -0.39 is 0 Å². The molecule has 0 aliphatic rings. The third-order valence-electron chi connectivity index (χ3n) is 1.91. The summed E-state index contributed by atoms with van der Waals surface area (Å²) in [5.41, 5.74) is 0.911. The van der Waals surface area contributed by atoms with E-state index in [-0.39, 0.29) is 0 Å². The molecular weight excluding hydrogens is 288 g/mol. The van der Waals surface area contributed by atoms with Gasteiger partial charge in [0, 0.05) is 30.5 Å². The van der Waals surface area contributed by atoms with E-state index in [1.54, 1.807) is 25.0 Å². The van der Waals surface area contributed by atoms with E-state index in [4.69, 9.17) is 16.9 Å². The van der Waals surface area contributed by atoms with Crippen LogP contribution >= 0.6 is 35.1 Å². The highest BCUT2D eigenvalue weighted by molar-refractivity contribution is 8.14. The molecule has 4 nitrogen and oxygen atoms in total. The van der Waals surface area contributed by atoms with Crippen LogP contribution in [0.2, 0.25) is 5.02 Å². The maximum Gasteiger partial charge on any atom is 0.183 e. The van der Waals surface area contributed by atoms with E-state index in [2.05, 4.69) is 15.3 Å². The van der Waals surface area contributed by atoms with Gasteiger partial charge in [-0.2, -0.15) is 17.0 Å². The number of rotatable bonds is 5. The van der Waals surface area contributed by atoms with Gasteiger partial charge >= 0.3 is 0 Å². The lowest BCUT2D eigenvalue weighted by atomic mass is 10.4. The molecule has 1 rings (SSSR count). The third-order valence-corrected chi connectivity index (χ3v) is 4.45. The molecule has 0 atom stereocenters. The van der Waals surface area contributed by atoms with Crippen LogP contribution < -0.4 is 5.32 Å². The highest BCUT2D eigenvalue weighted by atomic mass is 35.5. The van der Waals surface area contributed by atoms with Crippen LogP contribution in [0.1, 0.15) is 5.69 Å². The van der Waals surface area contributed by atoms with Gasteiger partial charge in [-0.3, -0.25) is 15.3 Å². The molecule has 1 aromatic rings. The molecule has 18 heavy (non-hydrogen) atoms. The number of nitrogens with zero attached hydrogens (tertiary/aromatic N) is 3. The zero-order valence-corrected chi connectivity index (χ0v) is 12.3. The van der Waals surface area contributed by atoms with Crippen LogP contribution in [0, 0.1) is 11.5 Å². The summed E-state index contributed by atoms with van der Waals surface area (Å²) in [6, 6.07) is 3.67. The van der Waals surface area contributed by atoms with Crippen molar-refractivity contribution in [1.29, 1.82) is 5.26 Å². The molecule has 0 aliphatic carbocycles. The fraction of sp³-hybridized carbons (Fsp3) is 0.364. The number of nitriles is 1. The first-order valence-electron chi connectivity index (χ1n) is 5.19. The SMILES string of the molecule is C/N=C(\NC#N)SCCSCc1ncccc1Cl. The number of thioether (sulfide) groups is 2. The maximum atomic E-state index is 8.47. The summed E-state index contributed by atoms with van der Waals surface area (Å²) in [6.07, 6.45) is 3.60. The van der Waals surface area contributed by atoms with Gasteiger partial charge in [0.1, 0.15) is 0 Å². The molecule has 0 fully saturated rings. The molecule has 0 saturated heterocycles. The van der Waals surface area contributed by atoms with Crippen LogP contribution in [0.15, 0.2) is 23.3 Å². The Hall–Kier alpha value is -0.900. The first-order chi connectivity index (χ1) is 8.77. The minimum atomic E-state index is 0.647. The fourth-order valence-electron chi connectivity index (χ4n) is 1.10. The topological polar surface area (TPSA) is 61.1 Å². The summed E-state index contributed by atoms with van der Waals surface area (Å²) in [4.78, 5) is 8.17. The summed E-state index contributed by atoms with van der Waals surface area (Å²) in [7, 11) is 1.66. The molecule has 0 aromatic carbocycles. The Morgan fingerprint density at radius 3 is 3.11 bits per heavy atom. The standard InChI is InChI=1S/C11H13ClN4S2/c1-14-11(16-8-13)18-6-5-17-7-10-9(12)3-2-4-15-10/h2-4H,5-7H2,1H3,(H,14,16). The van der Waals surface area contributed by atoms with Crippen molar-refractivity contribution in [3.8, 4) is 6.19 Å². The van der Waals surface area contributed by atoms with Crippen molar-refractivity contribution in [2.24, 2.45) is 4.99 Å². The highest BCUT2D eigenvalue weighted by Crippen LogP contribution is 2.19. The van der Waals surface area contributed by atoms with Gasteiger partial charge in [-0.15, -0.1) is 0 Å². The van der Waals surface area contributed by atoms with Gasteiger partial charge in [0.05, 0.1) is 10.7 Å². The van der Waals surface area contributed by atoms with Gasteiger partial charge in [-0.1, -0.05) is 23.4 Å². The van der Waals surface area contributed by atoms with Crippen molar-refractivity contribution < 1.29 is 0 Å². The second kappa shape index (κ2) is 9.09. The maximum absolute atomic E-state index is 8.47. The van der Waals surface area contributed by atoms with Gasteiger partial charge in [0.15, 0.2) is 11.4 Å². The van der Waals surface area contributed by atoms with Gasteiger partial charge < -0.3 is 0 Å². The molecule has 0 aliphatic heterocycles. The van der Waals surface area contributed by atoms with Crippen LogP contribution in [0.3, 0.4) is 0 Å². The first-order valence-corrected chi connectivity index (χ1v) is 7.71. The predicted molar refractivity (Wildman–Crippen MR) is 80.0 cm³/mol. The van der Waals surface area contributed by atoms with Gasteiger partial charge in [-0.05, 0) is 12.1 Å². The van der Waals surface area contributed by atoms with Crippen molar-refractivity contribution in [1.82, 2.24) is 10.3 Å². The molecule has 96 valence electrons. The number of aromatic nitrogens is 1. The summed E-state index contributed by atoms with van der Waals surface area (Å²) in [5, 5.41) is 12.3. The van der Waals surface area contributed by atoms with Crippen LogP contribution in [-0.4, -0.2) is 28.7 Å². The fourth-order valence-corrected chi connectivity index (χ4v) is 3.18. The molecule has 0 bridgehead atoms. The van der Waals surface area contributed by atoms with Gasteiger partial charge in [0.2, 0.25) is 0 Å². The van der Waals surface area contributed by atoms with Gasteiger partial charge in [-0.25, -0.2) is 0 Å². The highest BCUT2D eigenvalue weighted by Gasteiger charge is 2.02. The summed E-state index contributed by atoms with van der Waals surface area (Å²) < 4.78 is 0. The average Bonchev–Trinajstić information content (AvgIpc) is 2.39. The Morgan fingerprint density at radius 2 is 2.44 bits per heavy atom. The minimum Gasteiger partial charge on any atom is -0.272 e. The quantitative estimate of drug-likeness (QED) is 0.298. The van der Waals surface area contributed by atoms with E-state index in [1.165, 1.54) is 11.8 Å². The largest absolute Gasteiger partial charge is 0.272 e. The van der Waals surface area contributed by atoms with Crippen molar-refractivity contribution in [3.63, 3.8) is 0 Å². The predicted octanol–water partition coefficient (Wildman–Crippen LogP) is 2.76. The molecule has 0 radical (unpaired) electrons. The lowest BCUT2D eigenvalue weighted by Gasteiger charge is -2.04. The van der Waals surface area contributed by atoms with Crippen LogP contribution in [0.25, 0.3) is 0 Å². The zero-order valence-electron chi connectivity index (χ0n) is 9.89. The van der Waals surface area contributed by atoms with E-state index >= 15 is 0 Å². The van der Waals surface area contributed by atoms with E-state index in [9.17, 15) is 0 Å². The molecule has 0 unspecified atom stereocenters. The molecule has 7 heteroatoms. The lowest BCUT2D eigenvalue weighted by Crippen LogP contribution is -2.14. The minimum absolute atomic E-state index is 0.647.